The predicted molar refractivity (Wildman–Crippen MR) is 272 cm³/mol. The molecule has 0 N–H and O–H groups in total. The molecule has 0 spiro atoms. The normalized spacial score (nSPS) is 11.6. The predicted octanol–water partition coefficient (Wildman–Crippen LogP) is 17.1. The summed E-state index contributed by atoms with van der Waals surface area (Å²) in [6.45, 7) is 0. The highest BCUT2D eigenvalue weighted by Crippen LogP contribution is 2.47. The lowest BCUT2D eigenvalue weighted by Crippen LogP contribution is -2.00. The Hall–Kier alpha value is -8.86. The van der Waals surface area contributed by atoms with Crippen molar-refractivity contribution in [1.29, 1.82) is 0 Å². The number of hydrogen-bond donors (Lipinski definition) is 0. The van der Waals surface area contributed by atoms with Gasteiger partial charge in [-0.3, -0.25) is 0 Å². The van der Waals surface area contributed by atoms with Crippen LogP contribution < -0.4 is 0 Å². The van der Waals surface area contributed by atoms with Crippen LogP contribution in [0.1, 0.15) is 0 Å². The molecule has 0 atom stereocenters. The van der Waals surface area contributed by atoms with Gasteiger partial charge < -0.3 is 8.83 Å². The molecule has 10 aromatic carbocycles. The minimum Gasteiger partial charge on any atom is -0.455 e. The van der Waals surface area contributed by atoms with Crippen LogP contribution in [0, 0.1) is 0 Å². The van der Waals surface area contributed by atoms with E-state index in [0.29, 0.717) is 5.82 Å². The van der Waals surface area contributed by atoms with Gasteiger partial charge in [0.25, 0.3) is 0 Å². The summed E-state index contributed by atoms with van der Waals surface area (Å²) in [6.07, 6.45) is 0. The topological polar surface area (TPSA) is 52.1 Å². The van der Waals surface area contributed by atoms with Gasteiger partial charge in [-0.25, -0.2) is 9.97 Å². The van der Waals surface area contributed by atoms with Gasteiger partial charge in [-0.15, -0.1) is 0 Å². The number of benzene rings is 10. The van der Waals surface area contributed by atoms with Gasteiger partial charge in [0, 0.05) is 43.8 Å². The minimum atomic E-state index is 0.588. The van der Waals surface area contributed by atoms with Gasteiger partial charge in [0.05, 0.1) is 11.4 Å². The SMILES string of the molecule is c1ccc(-c2ccc(-c3c(-c4nc(-c5cccc6c5oc5ccccc56)cc(-c5cccc6c5oc5ccccc56)n4)cc(-c4ccccc4)cc3-c3cccc4ccccc34)cc2)cc1. The summed E-state index contributed by atoms with van der Waals surface area (Å²) in [5.41, 5.74) is 16.2. The van der Waals surface area contributed by atoms with Crippen LogP contribution in [0.25, 0.3) is 133 Å². The van der Waals surface area contributed by atoms with Crippen molar-refractivity contribution < 1.29 is 8.83 Å². The number of fused-ring (bicyclic) bond motifs is 7. The fourth-order valence-corrected chi connectivity index (χ4v) is 9.80. The van der Waals surface area contributed by atoms with E-state index < -0.39 is 0 Å². The molecule has 3 aromatic heterocycles. The van der Waals surface area contributed by atoms with Crippen molar-refractivity contribution in [2.24, 2.45) is 0 Å². The van der Waals surface area contributed by atoms with Gasteiger partial charge >= 0.3 is 0 Å². The van der Waals surface area contributed by atoms with E-state index in [1.807, 2.05) is 24.3 Å². The molecule has 66 heavy (non-hydrogen) atoms. The van der Waals surface area contributed by atoms with Crippen molar-refractivity contribution in [3.8, 4) is 78.4 Å². The number of para-hydroxylation sites is 4. The zero-order valence-corrected chi connectivity index (χ0v) is 35.7. The molecule has 0 saturated carbocycles. The highest BCUT2D eigenvalue weighted by Gasteiger charge is 2.24. The lowest BCUT2D eigenvalue weighted by molar-refractivity contribution is 0.669. The van der Waals surface area contributed by atoms with E-state index in [4.69, 9.17) is 18.8 Å². The lowest BCUT2D eigenvalue weighted by atomic mass is 9.85. The monoisotopic (exact) mass is 842 g/mol. The summed E-state index contributed by atoms with van der Waals surface area (Å²) in [7, 11) is 0. The molecule has 0 fully saturated rings. The zero-order chi connectivity index (χ0) is 43.6. The van der Waals surface area contributed by atoms with E-state index in [1.165, 1.54) is 10.8 Å². The van der Waals surface area contributed by atoms with E-state index in [9.17, 15) is 0 Å². The second-order valence-electron chi connectivity index (χ2n) is 16.8. The molecular formula is C62H38N2O2. The molecule has 4 nitrogen and oxygen atoms in total. The lowest BCUT2D eigenvalue weighted by Gasteiger charge is -2.20. The average Bonchev–Trinajstić information content (AvgIpc) is 3.97. The van der Waals surface area contributed by atoms with Crippen LogP contribution in [0.4, 0.5) is 0 Å². The van der Waals surface area contributed by atoms with Crippen LogP contribution in [-0.2, 0) is 0 Å². The van der Waals surface area contributed by atoms with Crippen LogP contribution in [-0.4, -0.2) is 9.97 Å². The highest BCUT2D eigenvalue weighted by atomic mass is 16.3. The molecule has 308 valence electrons. The molecule has 0 amide bonds. The van der Waals surface area contributed by atoms with E-state index >= 15 is 0 Å². The van der Waals surface area contributed by atoms with Crippen LogP contribution in [0.2, 0.25) is 0 Å². The summed E-state index contributed by atoms with van der Waals surface area (Å²) in [5.74, 6) is 0.588. The summed E-state index contributed by atoms with van der Waals surface area (Å²) < 4.78 is 13.4. The molecule has 13 rings (SSSR count). The maximum absolute atomic E-state index is 6.70. The summed E-state index contributed by atoms with van der Waals surface area (Å²) in [5, 5.41) is 6.53. The molecule has 0 aliphatic rings. The van der Waals surface area contributed by atoms with Crippen molar-refractivity contribution in [2.45, 2.75) is 0 Å². The molecule has 13 aromatic rings. The van der Waals surface area contributed by atoms with E-state index in [1.54, 1.807) is 0 Å². The van der Waals surface area contributed by atoms with Gasteiger partial charge in [-0.1, -0.05) is 188 Å². The fraction of sp³-hybridized carbons (Fsp3) is 0. The van der Waals surface area contributed by atoms with E-state index in [2.05, 4.69) is 206 Å². The molecule has 0 radical (unpaired) electrons. The summed E-state index contributed by atoms with van der Waals surface area (Å²) in [4.78, 5) is 11.2. The summed E-state index contributed by atoms with van der Waals surface area (Å²) in [6, 6.07) is 81.1. The molecule has 0 aliphatic heterocycles. The third kappa shape index (κ3) is 6.30. The number of nitrogens with zero attached hydrogens (tertiary/aromatic N) is 2. The van der Waals surface area contributed by atoms with Crippen molar-refractivity contribution in [2.75, 3.05) is 0 Å². The molecule has 0 aliphatic carbocycles. The van der Waals surface area contributed by atoms with E-state index in [0.717, 1.165) is 116 Å². The summed E-state index contributed by atoms with van der Waals surface area (Å²) >= 11 is 0. The Morgan fingerprint density at radius 1 is 0.273 bits per heavy atom. The standard InChI is InChI=1S/C62H38N2O2/c1-3-16-39(17-4-1)41-32-34-43(35-33-41)59-53(46-25-13-21-42-20-7-8-22-45(42)46)36-44(40-18-5-2-6-19-40)37-54(59)62-63-55(51-28-14-26-49-47-23-9-11-30-57(47)65-60(49)51)38-56(64-62)52-29-15-27-50-48-24-10-12-31-58(48)66-61(50)52/h1-38H. The molecule has 3 heterocycles. The van der Waals surface area contributed by atoms with Gasteiger partial charge in [-0.05, 0) is 92.2 Å². The van der Waals surface area contributed by atoms with Gasteiger partial charge in [0.15, 0.2) is 5.82 Å². The smallest absolute Gasteiger partial charge is 0.161 e. The first-order chi connectivity index (χ1) is 32.7. The maximum atomic E-state index is 6.70. The van der Waals surface area contributed by atoms with E-state index in [-0.39, 0.29) is 0 Å². The minimum absolute atomic E-state index is 0.588. The quantitative estimate of drug-likeness (QED) is 0.160. The Morgan fingerprint density at radius 3 is 1.33 bits per heavy atom. The molecular weight excluding hydrogens is 805 g/mol. The van der Waals surface area contributed by atoms with Crippen molar-refractivity contribution >= 4 is 54.6 Å². The average molecular weight is 843 g/mol. The first-order valence-electron chi connectivity index (χ1n) is 22.3. The fourth-order valence-electron chi connectivity index (χ4n) is 9.80. The van der Waals surface area contributed by atoms with Gasteiger partial charge in [0.2, 0.25) is 0 Å². The second kappa shape index (κ2) is 15.4. The van der Waals surface area contributed by atoms with Gasteiger partial charge in [-0.2, -0.15) is 0 Å². The Morgan fingerprint density at radius 2 is 0.712 bits per heavy atom. The third-order valence-corrected chi connectivity index (χ3v) is 12.9. The Labute approximate surface area is 380 Å². The highest BCUT2D eigenvalue weighted by molar-refractivity contribution is 6.12. The first kappa shape index (κ1) is 37.7. The van der Waals surface area contributed by atoms with Crippen LogP contribution in [0.3, 0.4) is 0 Å². The number of hydrogen-bond acceptors (Lipinski definition) is 4. The van der Waals surface area contributed by atoms with Crippen molar-refractivity contribution in [3.05, 3.63) is 231 Å². The maximum Gasteiger partial charge on any atom is 0.161 e. The number of aromatic nitrogens is 2. The van der Waals surface area contributed by atoms with Crippen LogP contribution >= 0.6 is 0 Å². The molecule has 4 heteroatoms. The molecule has 0 unspecified atom stereocenters. The van der Waals surface area contributed by atoms with Gasteiger partial charge in [0.1, 0.15) is 22.3 Å². The second-order valence-corrected chi connectivity index (χ2v) is 16.8. The van der Waals surface area contributed by atoms with Crippen LogP contribution in [0.15, 0.2) is 239 Å². The zero-order valence-electron chi connectivity index (χ0n) is 35.7. The Kier molecular flexibility index (Phi) is 8.81. The van der Waals surface area contributed by atoms with Crippen LogP contribution in [0.5, 0.6) is 0 Å². The molecule has 0 saturated heterocycles. The molecule has 0 bridgehead atoms. The third-order valence-electron chi connectivity index (χ3n) is 12.9. The first-order valence-corrected chi connectivity index (χ1v) is 22.3. The van der Waals surface area contributed by atoms with Crippen molar-refractivity contribution in [1.82, 2.24) is 9.97 Å². The largest absolute Gasteiger partial charge is 0.455 e. The number of furan rings is 2. The Balaban J connectivity index is 1.15. The van der Waals surface area contributed by atoms with Crippen molar-refractivity contribution in [3.63, 3.8) is 0 Å². The number of rotatable bonds is 7. The Bertz CT molecular complexity index is 3840.